The maximum atomic E-state index is 13.3. The Hall–Kier alpha value is -0.980. The first-order chi connectivity index (χ1) is 14.8. The Morgan fingerprint density at radius 3 is 2.03 bits per heavy atom. The normalized spacial score (nSPS) is 18.2. The molecule has 3 aromatic carbocycles. The van der Waals surface area contributed by atoms with Crippen LogP contribution < -0.4 is 4.90 Å². The van der Waals surface area contributed by atoms with Gasteiger partial charge in [0, 0.05) is 39.7 Å². The molecule has 4 rings (SSSR count). The van der Waals surface area contributed by atoms with E-state index in [1.165, 1.54) is 0 Å². The summed E-state index contributed by atoms with van der Waals surface area (Å²) in [4.78, 5) is 2.78. The molecule has 0 radical (unpaired) electrons. The van der Waals surface area contributed by atoms with Crippen molar-refractivity contribution in [1.82, 2.24) is 4.31 Å². The van der Waals surface area contributed by atoms with Gasteiger partial charge in [-0.15, -0.1) is 0 Å². The third-order valence-corrected chi connectivity index (χ3v) is 7.76. The molecule has 0 saturated carbocycles. The van der Waals surface area contributed by atoms with Gasteiger partial charge in [-0.1, -0.05) is 70.1 Å². The maximum Gasteiger partial charge on any atom is 0.127 e. The van der Waals surface area contributed by atoms with Gasteiger partial charge >= 0.3 is 0 Å². The second kappa shape index (κ2) is 9.88. The zero-order valence-electron chi connectivity index (χ0n) is 16.1. The molecule has 31 heavy (non-hydrogen) atoms. The molecule has 162 valence electrons. The third-order valence-electron chi connectivity index (χ3n) is 5.09. The predicted molar refractivity (Wildman–Crippen MR) is 132 cm³/mol. The average molecular weight is 535 g/mol. The number of halogens is 5. The Morgan fingerprint density at radius 2 is 1.39 bits per heavy atom. The lowest BCUT2D eigenvalue weighted by Crippen LogP contribution is -2.49. The van der Waals surface area contributed by atoms with Gasteiger partial charge in [0.05, 0.1) is 21.6 Å². The molecule has 0 bridgehead atoms. The predicted octanol–water partition coefficient (Wildman–Crippen LogP) is 7.54. The molecule has 2 atom stereocenters. The highest BCUT2D eigenvalue weighted by Crippen LogP contribution is 2.37. The number of nitrogens with zero attached hydrogens (tertiary/aromatic N) is 2. The first-order valence-corrected chi connectivity index (χ1v) is 12.4. The monoisotopic (exact) mass is 532 g/mol. The Bertz CT molecular complexity index is 1110. The van der Waals surface area contributed by atoms with Crippen molar-refractivity contribution in [3.8, 4) is 0 Å². The Morgan fingerprint density at radius 1 is 0.742 bits per heavy atom. The van der Waals surface area contributed by atoms with Gasteiger partial charge in [-0.3, -0.25) is 0 Å². The third kappa shape index (κ3) is 5.33. The van der Waals surface area contributed by atoms with E-state index < -0.39 is 11.0 Å². The summed E-state index contributed by atoms with van der Waals surface area (Å²) in [6.45, 7) is 1.70. The van der Waals surface area contributed by atoms with Crippen LogP contribution in [0.15, 0.2) is 65.6 Å². The number of piperazine rings is 1. The summed E-state index contributed by atoms with van der Waals surface area (Å²) in [7, 11) is -1.41. The number of hydrogen-bond acceptors (Lipinski definition) is 2. The molecule has 9 heteroatoms. The largest absolute Gasteiger partial charge is 0.361 e. The number of hydrogen-bond donors (Lipinski definition) is 0. The minimum absolute atomic E-state index is 0.0942. The van der Waals surface area contributed by atoms with E-state index in [1.807, 2.05) is 40.7 Å². The molecule has 0 aromatic heterocycles. The molecular weight excluding hydrogens is 518 g/mol. The van der Waals surface area contributed by atoms with Crippen LogP contribution in [0.25, 0.3) is 0 Å². The Labute approximate surface area is 209 Å². The standard InChI is InChI=1S/C22H17Cl5N2OS/c23-15-3-1-14(2-4-15)22-13-28(31(30)19-10-17(25)9-18(26)11-19)7-8-29(22)21-6-5-16(24)12-20(21)27/h1-6,9-12,22H,7-8,13H2. The number of rotatable bonds is 4. The smallest absolute Gasteiger partial charge is 0.127 e. The quantitative estimate of drug-likeness (QED) is 0.345. The molecule has 1 aliphatic heterocycles. The van der Waals surface area contributed by atoms with E-state index in [2.05, 4.69) is 4.90 Å². The van der Waals surface area contributed by atoms with E-state index in [0.29, 0.717) is 49.6 Å². The molecule has 1 aliphatic rings. The van der Waals surface area contributed by atoms with Gasteiger partial charge in [0.1, 0.15) is 11.0 Å². The van der Waals surface area contributed by atoms with E-state index in [9.17, 15) is 4.21 Å². The van der Waals surface area contributed by atoms with Crippen molar-refractivity contribution in [3.63, 3.8) is 0 Å². The summed E-state index contributed by atoms with van der Waals surface area (Å²) in [5.41, 5.74) is 1.92. The summed E-state index contributed by atoms with van der Waals surface area (Å²) in [6, 6.07) is 18.0. The zero-order valence-corrected chi connectivity index (χ0v) is 20.7. The highest BCUT2D eigenvalue weighted by molar-refractivity contribution is 7.82. The minimum atomic E-state index is -1.41. The topological polar surface area (TPSA) is 23.6 Å². The van der Waals surface area contributed by atoms with Gasteiger partial charge in [-0.05, 0) is 54.1 Å². The lowest BCUT2D eigenvalue weighted by atomic mass is 10.0. The Kier molecular flexibility index (Phi) is 7.39. The molecular formula is C22H17Cl5N2OS. The van der Waals surface area contributed by atoms with Gasteiger partial charge in [0.25, 0.3) is 0 Å². The van der Waals surface area contributed by atoms with Gasteiger partial charge in [-0.2, -0.15) is 0 Å². The second-order valence-corrected chi connectivity index (χ2v) is 10.7. The molecule has 0 amide bonds. The van der Waals surface area contributed by atoms with E-state index >= 15 is 0 Å². The van der Waals surface area contributed by atoms with Gasteiger partial charge in [0.15, 0.2) is 0 Å². The van der Waals surface area contributed by atoms with E-state index in [0.717, 1.165) is 11.3 Å². The van der Waals surface area contributed by atoms with Crippen molar-refractivity contribution in [1.29, 1.82) is 0 Å². The molecule has 0 spiro atoms. The van der Waals surface area contributed by atoms with Crippen LogP contribution in [0, 0.1) is 0 Å². The summed E-state index contributed by atoms with van der Waals surface area (Å²) in [5, 5.41) is 2.72. The Balaban J connectivity index is 1.68. The van der Waals surface area contributed by atoms with Crippen molar-refractivity contribution in [2.24, 2.45) is 0 Å². The van der Waals surface area contributed by atoms with Crippen LogP contribution in [-0.4, -0.2) is 28.1 Å². The van der Waals surface area contributed by atoms with Crippen LogP contribution in [0.5, 0.6) is 0 Å². The fraction of sp³-hybridized carbons (Fsp3) is 0.182. The lowest BCUT2D eigenvalue weighted by Gasteiger charge is -2.42. The fourth-order valence-corrected chi connectivity index (χ4v) is 6.24. The minimum Gasteiger partial charge on any atom is -0.361 e. The van der Waals surface area contributed by atoms with Gasteiger partial charge in [-0.25, -0.2) is 8.51 Å². The van der Waals surface area contributed by atoms with Crippen molar-refractivity contribution >= 4 is 74.7 Å². The van der Waals surface area contributed by atoms with E-state index in [1.54, 1.807) is 24.3 Å². The van der Waals surface area contributed by atoms with Crippen molar-refractivity contribution < 1.29 is 4.21 Å². The first kappa shape index (κ1) is 23.2. The highest BCUT2D eigenvalue weighted by atomic mass is 35.5. The molecule has 3 nitrogen and oxygen atoms in total. The van der Waals surface area contributed by atoms with Crippen LogP contribution >= 0.6 is 58.0 Å². The fourth-order valence-electron chi connectivity index (χ4n) is 3.66. The molecule has 0 aliphatic carbocycles. The van der Waals surface area contributed by atoms with Crippen LogP contribution in [0.1, 0.15) is 11.6 Å². The summed E-state index contributed by atoms with van der Waals surface area (Å²) < 4.78 is 15.2. The van der Waals surface area contributed by atoms with Crippen molar-refractivity contribution in [2.75, 3.05) is 24.5 Å². The molecule has 1 heterocycles. The van der Waals surface area contributed by atoms with Crippen LogP contribution in [0.3, 0.4) is 0 Å². The van der Waals surface area contributed by atoms with Crippen molar-refractivity contribution in [3.05, 3.63) is 91.3 Å². The first-order valence-electron chi connectivity index (χ1n) is 9.42. The van der Waals surface area contributed by atoms with Crippen LogP contribution in [-0.2, 0) is 11.0 Å². The molecule has 2 unspecified atom stereocenters. The molecule has 1 fully saturated rings. The molecule has 1 saturated heterocycles. The molecule has 3 aromatic rings. The average Bonchev–Trinajstić information content (AvgIpc) is 2.73. The highest BCUT2D eigenvalue weighted by Gasteiger charge is 2.32. The summed E-state index contributed by atoms with van der Waals surface area (Å²) in [5.74, 6) is 0. The van der Waals surface area contributed by atoms with Crippen LogP contribution in [0.4, 0.5) is 5.69 Å². The SMILES string of the molecule is O=S(c1cc(Cl)cc(Cl)c1)N1CCN(c2ccc(Cl)cc2Cl)C(c2ccc(Cl)cc2)C1. The summed E-state index contributed by atoms with van der Waals surface area (Å²) in [6.07, 6.45) is 0. The van der Waals surface area contributed by atoms with E-state index in [-0.39, 0.29) is 6.04 Å². The second-order valence-electron chi connectivity index (χ2n) is 7.10. The van der Waals surface area contributed by atoms with Crippen molar-refractivity contribution in [2.45, 2.75) is 10.9 Å². The zero-order chi connectivity index (χ0) is 22.1. The van der Waals surface area contributed by atoms with Crippen LogP contribution in [0.2, 0.25) is 25.1 Å². The maximum absolute atomic E-state index is 13.3. The molecule has 0 N–H and O–H groups in total. The van der Waals surface area contributed by atoms with Gasteiger partial charge in [0.2, 0.25) is 0 Å². The number of benzene rings is 3. The van der Waals surface area contributed by atoms with Gasteiger partial charge < -0.3 is 4.90 Å². The lowest BCUT2D eigenvalue weighted by molar-refractivity contribution is 0.352. The summed E-state index contributed by atoms with van der Waals surface area (Å²) >= 11 is 31.0. The van der Waals surface area contributed by atoms with E-state index in [4.69, 9.17) is 58.0 Å². The number of anilines is 1.